The second-order valence-electron chi connectivity index (χ2n) is 5.56. The number of nitrogens with zero attached hydrogens (tertiary/aromatic N) is 3. The Morgan fingerprint density at radius 2 is 1.67 bits per heavy atom. The standard InChI is InChI=1S/C16H14ClN5O4S/c17-12-8-10(21(23)24)2-4-13(12)18-6-1-7-19-16-20-14-5-3-11(22(25)26)9-15(14)27-16/h2-5,8-9,18H,1,6-7H2,(H,19,20). The molecule has 2 aromatic carbocycles. The van der Waals surface area contributed by atoms with Crippen molar-refractivity contribution in [3.05, 3.63) is 61.6 Å². The molecule has 3 aromatic rings. The van der Waals surface area contributed by atoms with Crippen molar-refractivity contribution in [2.45, 2.75) is 6.42 Å². The van der Waals surface area contributed by atoms with Crippen molar-refractivity contribution in [1.29, 1.82) is 0 Å². The Morgan fingerprint density at radius 3 is 2.37 bits per heavy atom. The van der Waals surface area contributed by atoms with E-state index in [4.69, 9.17) is 11.6 Å². The summed E-state index contributed by atoms with van der Waals surface area (Å²) in [5.41, 5.74) is 1.34. The molecule has 0 saturated carbocycles. The lowest BCUT2D eigenvalue weighted by Gasteiger charge is -2.08. The topological polar surface area (TPSA) is 123 Å². The molecule has 3 rings (SSSR count). The molecule has 1 aromatic heterocycles. The van der Waals surface area contributed by atoms with E-state index in [1.54, 1.807) is 12.1 Å². The number of hydrogen-bond acceptors (Lipinski definition) is 8. The maximum atomic E-state index is 10.8. The SMILES string of the molecule is O=[N+]([O-])c1ccc(NCCCNc2nc3ccc([N+](=O)[O-])cc3s2)c(Cl)c1. The Balaban J connectivity index is 1.50. The van der Waals surface area contributed by atoms with Crippen molar-refractivity contribution >= 4 is 55.3 Å². The van der Waals surface area contributed by atoms with Crippen molar-refractivity contribution in [2.75, 3.05) is 23.7 Å². The quantitative estimate of drug-likeness (QED) is 0.315. The summed E-state index contributed by atoms with van der Waals surface area (Å²) in [6.45, 7) is 1.25. The van der Waals surface area contributed by atoms with Crippen LogP contribution < -0.4 is 10.6 Å². The van der Waals surface area contributed by atoms with Crippen LogP contribution in [0.4, 0.5) is 22.2 Å². The van der Waals surface area contributed by atoms with Crippen LogP contribution in [0.15, 0.2) is 36.4 Å². The van der Waals surface area contributed by atoms with Gasteiger partial charge in [-0.25, -0.2) is 4.98 Å². The third-order valence-corrected chi connectivity index (χ3v) is 4.98. The fourth-order valence-electron chi connectivity index (χ4n) is 2.37. The molecule has 0 unspecified atom stereocenters. The van der Waals surface area contributed by atoms with Gasteiger partial charge in [0, 0.05) is 37.4 Å². The zero-order chi connectivity index (χ0) is 19.4. The fraction of sp³-hybridized carbons (Fsp3) is 0.188. The number of hydrogen-bond donors (Lipinski definition) is 2. The molecular weight excluding hydrogens is 394 g/mol. The lowest BCUT2D eigenvalue weighted by molar-refractivity contribution is -0.385. The van der Waals surface area contributed by atoms with E-state index in [0.717, 1.165) is 11.1 Å². The molecule has 0 radical (unpaired) electrons. The number of non-ortho nitro benzene ring substituents is 2. The number of fused-ring (bicyclic) bond motifs is 1. The molecule has 2 N–H and O–H groups in total. The van der Waals surface area contributed by atoms with Crippen LogP contribution in [0.3, 0.4) is 0 Å². The first-order valence-electron chi connectivity index (χ1n) is 7.91. The summed E-state index contributed by atoms with van der Waals surface area (Å²) < 4.78 is 0.752. The van der Waals surface area contributed by atoms with Crippen LogP contribution in [0.2, 0.25) is 5.02 Å². The smallest absolute Gasteiger partial charge is 0.271 e. The van der Waals surface area contributed by atoms with Crippen molar-refractivity contribution in [2.24, 2.45) is 0 Å². The van der Waals surface area contributed by atoms with Gasteiger partial charge < -0.3 is 10.6 Å². The molecule has 0 spiro atoms. The Hall–Kier alpha value is -2.98. The number of halogens is 1. The van der Waals surface area contributed by atoms with Crippen LogP contribution in [-0.2, 0) is 0 Å². The van der Waals surface area contributed by atoms with Gasteiger partial charge in [-0.2, -0.15) is 0 Å². The van der Waals surface area contributed by atoms with Crippen LogP contribution in [0.5, 0.6) is 0 Å². The summed E-state index contributed by atoms with van der Waals surface area (Å²) in [7, 11) is 0. The molecule has 1 heterocycles. The maximum Gasteiger partial charge on any atom is 0.271 e. The van der Waals surface area contributed by atoms with Gasteiger partial charge in [-0.3, -0.25) is 20.2 Å². The van der Waals surface area contributed by atoms with Crippen molar-refractivity contribution < 1.29 is 9.85 Å². The first-order chi connectivity index (χ1) is 12.9. The van der Waals surface area contributed by atoms with Gasteiger partial charge in [-0.15, -0.1) is 0 Å². The van der Waals surface area contributed by atoms with Crippen LogP contribution in [0.25, 0.3) is 10.2 Å². The molecule has 0 bridgehead atoms. The zero-order valence-corrected chi connectivity index (χ0v) is 15.4. The van der Waals surface area contributed by atoms with E-state index >= 15 is 0 Å². The van der Waals surface area contributed by atoms with E-state index in [9.17, 15) is 20.2 Å². The van der Waals surface area contributed by atoms with E-state index in [1.807, 2.05) is 0 Å². The van der Waals surface area contributed by atoms with Crippen LogP contribution in [0, 0.1) is 20.2 Å². The normalized spacial score (nSPS) is 10.7. The van der Waals surface area contributed by atoms with Gasteiger partial charge in [0.2, 0.25) is 0 Å². The van der Waals surface area contributed by atoms with Gasteiger partial charge in [0.05, 0.1) is 30.8 Å². The number of aromatic nitrogens is 1. The van der Waals surface area contributed by atoms with Gasteiger partial charge in [0.1, 0.15) is 0 Å². The minimum Gasteiger partial charge on any atom is -0.384 e. The Bertz CT molecular complexity index is 1010. The maximum absolute atomic E-state index is 10.8. The molecule has 27 heavy (non-hydrogen) atoms. The molecule has 0 fully saturated rings. The number of nitro groups is 2. The molecule has 0 aliphatic heterocycles. The summed E-state index contributed by atoms with van der Waals surface area (Å²) in [6, 6.07) is 8.86. The summed E-state index contributed by atoms with van der Waals surface area (Å²) in [5.74, 6) is 0. The second kappa shape index (κ2) is 8.14. The number of nitro benzene ring substituents is 2. The predicted octanol–water partition coefficient (Wildman–Crippen LogP) is 4.68. The summed E-state index contributed by atoms with van der Waals surface area (Å²) in [4.78, 5) is 25.0. The van der Waals surface area contributed by atoms with Gasteiger partial charge >= 0.3 is 0 Å². The number of nitrogens with one attached hydrogen (secondary N) is 2. The molecular formula is C16H14ClN5O4S. The van der Waals surface area contributed by atoms with Crippen LogP contribution in [0.1, 0.15) is 6.42 Å². The fourth-order valence-corrected chi connectivity index (χ4v) is 3.54. The molecule has 0 aliphatic rings. The first kappa shape index (κ1) is 18.8. The lowest BCUT2D eigenvalue weighted by Crippen LogP contribution is -2.09. The highest BCUT2D eigenvalue weighted by atomic mass is 35.5. The summed E-state index contributed by atoms with van der Waals surface area (Å²) in [5, 5.41) is 28.8. The molecule has 0 saturated heterocycles. The number of benzene rings is 2. The summed E-state index contributed by atoms with van der Waals surface area (Å²) in [6.07, 6.45) is 0.753. The van der Waals surface area contributed by atoms with Crippen LogP contribution >= 0.6 is 22.9 Å². The van der Waals surface area contributed by atoms with E-state index in [1.165, 1.54) is 35.6 Å². The average molecular weight is 408 g/mol. The predicted molar refractivity (Wildman–Crippen MR) is 106 cm³/mol. The molecule has 11 heteroatoms. The minimum absolute atomic E-state index is 0.0434. The van der Waals surface area contributed by atoms with E-state index < -0.39 is 9.85 Å². The number of thiazole rings is 1. The molecule has 0 amide bonds. The highest BCUT2D eigenvalue weighted by Gasteiger charge is 2.11. The van der Waals surface area contributed by atoms with Gasteiger partial charge in [0.15, 0.2) is 5.13 Å². The second-order valence-corrected chi connectivity index (χ2v) is 6.99. The van der Waals surface area contributed by atoms with E-state index in [2.05, 4.69) is 15.6 Å². The van der Waals surface area contributed by atoms with Crippen molar-refractivity contribution in [3.63, 3.8) is 0 Å². The highest BCUT2D eigenvalue weighted by molar-refractivity contribution is 7.22. The van der Waals surface area contributed by atoms with Crippen molar-refractivity contribution in [3.8, 4) is 0 Å². The monoisotopic (exact) mass is 407 g/mol. The molecule has 0 aliphatic carbocycles. The Kier molecular flexibility index (Phi) is 5.67. The molecule has 140 valence electrons. The van der Waals surface area contributed by atoms with Gasteiger partial charge in [-0.1, -0.05) is 22.9 Å². The number of anilines is 2. The lowest BCUT2D eigenvalue weighted by atomic mass is 10.2. The summed E-state index contributed by atoms with van der Waals surface area (Å²) >= 11 is 7.38. The third-order valence-electron chi connectivity index (χ3n) is 3.69. The highest BCUT2D eigenvalue weighted by Crippen LogP contribution is 2.29. The van der Waals surface area contributed by atoms with E-state index in [0.29, 0.717) is 34.4 Å². The molecule has 9 nitrogen and oxygen atoms in total. The molecule has 0 atom stereocenters. The largest absolute Gasteiger partial charge is 0.384 e. The van der Waals surface area contributed by atoms with Crippen molar-refractivity contribution in [1.82, 2.24) is 4.98 Å². The third kappa shape index (κ3) is 4.60. The average Bonchev–Trinajstić information content (AvgIpc) is 3.04. The van der Waals surface area contributed by atoms with Crippen LogP contribution in [-0.4, -0.2) is 27.9 Å². The zero-order valence-electron chi connectivity index (χ0n) is 13.8. The first-order valence-corrected chi connectivity index (χ1v) is 9.10. The number of rotatable bonds is 8. The van der Waals surface area contributed by atoms with Gasteiger partial charge in [0.25, 0.3) is 11.4 Å². The van der Waals surface area contributed by atoms with E-state index in [-0.39, 0.29) is 11.4 Å². The minimum atomic E-state index is -0.494. The Labute approximate surface area is 162 Å². The van der Waals surface area contributed by atoms with Gasteiger partial charge in [-0.05, 0) is 18.6 Å². The Morgan fingerprint density at radius 1 is 1.00 bits per heavy atom.